The molecule has 0 saturated carbocycles. The Morgan fingerprint density at radius 2 is 2.00 bits per heavy atom. The number of pyridine rings is 1. The number of aryl methyl sites for hydroxylation is 1. The third kappa shape index (κ3) is 3.37. The summed E-state index contributed by atoms with van der Waals surface area (Å²) in [6.07, 6.45) is 1.93. The van der Waals surface area contributed by atoms with Crippen LogP contribution in [0.25, 0.3) is 0 Å². The average Bonchev–Trinajstić information content (AvgIpc) is 2.37. The average molecular weight is 259 g/mol. The third-order valence-electron chi connectivity index (χ3n) is 2.97. The molecule has 0 radical (unpaired) electrons. The predicted molar refractivity (Wildman–Crippen MR) is 69.5 cm³/mol. The molecule has 0 fully saturated rings. The van der Waals surface area contributed by atoms with Crippen LogP contribution in [0.3, 0.4) is 0 Å². The van der Waals surface area contributed by atoms with Crippen LogP contribution in [0.5, 0.6) is 0 Å². The van der Waals surface area contributed by atoms with E-state index < -0.39 is 11.9 Å². The van der Waals surface area contributed by atoms with Crippen LogP contribution in [0, 0.1) is 12.7 Å². The highest BCUT2D eigenvalue weighted by atomic mass is 19.1. The van der Waals surface area contributed by atoms with E-state index in [2.05, 4.69) is 4.98 Å². The summed E-state index contributed by atoms with van der Waals surface area (Å²) < 4.78 is 12.8. The minimum atomic E-state index is -0.894. The number of benzene rings is 1. The number of nitrogens with zero attached hydrogens (tertiary/aromatic N) is 1. The van der Waals surface area contributed by atoms with Crippen molar-refractivity contribution in [1.82, 2.24) is 4.98 Å². The third-order valence-corrected chi connectivity index (χ3v) is 2.97. The highest BCUT2D eigenvalue weighted by molar-refractivity contribution is 5.76. The van der Waals surface area contributed by atoms with Crippen LogP contribution >= 0.6 is 0 Å². The zero-order valence-electron chi connectivity index (χ0n) is 10.5. The van der Waals surface area contributed by atoms with Gasteiger partial charge in [0.25, 0.3) is 0 Å². The summed E-state index contributed by atoms with van der Waals surface area (Å²) in [7, 11) is 0. The molecule has 1 aromatic heterocycles. The molecule has 1 atom stereocenters. The standard InChI is InChI=1S/C15H14FNO2/c1-10-8-12(6-7-17-10)14(15(18)19)9-11-2-4-13(16)5-3-11/h2-8,14H,9H2,1H3,(H,18,19). The first-order valence-corrected chi connectivity index (χ1v) is 5.96. The van der Waals surface area contributed by atoms with Crippen LogP contribution in [-0.2, 0) is 11.2 Å². The maximum Gasteiger partial charge on any atom is 0.311 e. The summed E-state index contributed by atoms with van der Waals surface area (Å²) in [6, 6.07) is 9.37. The van der Waals surface area contributed by atoms with Crippen molar-refractivity contribution < 1.29 is 14.3 Å². The molecule has 1 N–H and O–H groups in total. The molecule has 0 spiro atoms. The second-order valence-electron chi connectivity index (χ2n) is 4.45. The van der Waals surface area contributed by atoms with E-state index >= 15 is 0 Å². The van der Waals surface area contributed by atoms with Crippen molar-refractivity contribution >= 4 is 5.97 Å². The van der Waals surface area contributed by atoms with Gasteiger partial charge in [-0.15, -0.1) is 0 Å². The van der Waals surface area contributed by atoms with Crippen LogP contribution in [0.4, 0.5) is 4.39 Å². The lowest BCUT2D eigenvalue weighted by Gasteiger charge is -2.13. The van der Waals surface area contributed by atoms with Gasteiger partial charge in [0, 0.05) is 11.9 Å². The van der Waals surface area contributed by atoms with E-state index in [-0.39, 0.29) is 5.82 Å². The van der Waals surface area contributed by atoms with Crippen LogP contribution in [0.15, 0.2) is 42.6 Å². The molecule has 1 unspecified atom stereocenters. The second-order valence-corrected chi connectivity index (χ2v) is 4.45. The predicted octanol–water partition coefficient (Wildman–Crippen LogP) is 2.94. The molecule has 4 heteroatoms. The van der Waals surface area contributed by atoms with E-state index in [9.17, 15) is 14.3 Å². The number of hydrogen-bond acceptors (Lipinski definition) is 2. The summed E-state index contributed by atoms with van der Waals surface area (Å²) in [4.78, 5) is 15.4. The first-order chi connectivity index (χ1) is 9.06. The van der Waals surface area contributed by atoms with Crippen molar-refractivity contribution in [3.63, 3.8) is 0 Å². The van der Waals surface area contributed by atoms with Gasteiger partial charge in [0.05, 0.1) is 5.92 Å². The SMILES string of the molecule is Cc1cc(C(Cc2ccc(F)cc2)C(=O)O)ccn1. The smallest absolute Gasteiger partial charge is 0.311 e. The number of carbonyl (C=O) groups is 1. The molecule has 1 heterocycles. The monoisotopic (exact) mass is 259 g/mol. The molecule has 0 aliphatic rings. The van der Waals surface area contributed by atoms with E-state index in [1.54, 1.807) is 30.5 Å². The molecule has 0 amide bonds. The summed E-state index contributed by atoms with van der Waals surface area (Å²) >= 11 is 0. The molecule has 0 aliphatic carbocycles. The number of rotatable bonds is 4. The van der Waals surface area contributed by atoms with Gasteiger partial charge in [0.1, 0.15) is 5.82 Å². The van der Waals surface area contributed by atoms with E-state index in [0.29, 0.717) is 12.0 Å². The van der Waals surface area contributed by atoms with E-state index in [1.807, 2.05) is 6.92 Å². The Labute approximate surface area is 110 Å². The van der Waals surface area contributed by atoms with Gasteiger partial charge in [0.15, 0.2) is 0 Å². The minimum absolute atomic E-state index is 0.324. The number of halogens is 1. The first-order valence-electron chi connectivity index (χ1n) is 5.96. The van der Waals surface area contributed by atoms with Crippen molar-refractivity contribution in [3.8, 4) is 0 Å². The fourth-order valence-electron chi connectivity index (χ4n) is 1.99. The Bertz CT molecular complexity index is 581. The lowest BCUT2D eigenvalue weighted by molar-refractivity contribution is -0.138. The molecule has 0 aliphatic heterocycles. The number of carboxylic acid groups (broad SMARTS) is 1. The van der Waals surface area contributed by atoms with E-state index in [1.165, 1.54) is 12.1 Å². The highest BCUT2D eigenvalue weighted by Crippen LogP contribution is 2.21. The molecule has 2 rings (SSSR count). The maximum absolute atomic E-state index is 12.8. The Morgan fingerprint density at radius 3 is 2.58 bits per heavy atom. The van der Waals surface area contributed by atoms with Gasteiger partial charge >= 0.3 is 5.97 Å². The Hall–Kier alpha value is -2.23. The topological polar surface area (TPSA) is 50.2 Å². The van der Waals surface area contributed by atoms with E-state index in [0.717, 1.165) is 11.3 Å². The number of carboxylic acids is 1. The number of aliphatic carboxylic acids is 1. The molecule has 19 heavy (non-hydrogen) atoms. The second kappa shape index (κ2) is 5.61. The first kappa shape index (κ1) is 13.2. The van der Waals surface area contributed by atoms with E-state index in [4.69, 9.17) is 0 Å². The van der Waals surface area contributed by atoms with Crippen molar-refractivity contribution in [2.45, 2.75) is 19.3 Å². The summed E-state index contributed by atoms with van der Waals surface area (Å²) in [5.74, 6) is -1.86. The zero-order valence-corrected chi connectivity index (χ0v) is 10.5. The quantitative estimate of drug-likeness (QED) is 0.918. The van der Waals surface area contributed by atoms with Gasteiger partial charge in [-0.3, -0.25) is 9.78 Å². The van der Waals surface area contributed by atoms with Gasteiger partial charge < -0.3 is 5.11 Å². The van der Waals surface area contributed by atoms with Crippen LogP contribution in [-0.4, -0.2) is 16.1 Å². The molecular weight excluding hydrogens is 245 g/mol. The fourth-order valence-corrected chi connectivity index (χ4v) is 1.99. The summed E-state index contributed by atoms with van der Waals surface area (Å²) in [6.45, 7) is 1.82. The normalized spacial score (nSPS) is 12.1. The fraction of sp³-hybridized carbons (Fsp3) is 0.200. The van der Waals surface area contributed by atoms with Crippen molar-refractivity contribution in [3.05, 3.63) is 65.2 Å². The van der Waals surface area contributed by atoms with Gasteiger partial charge in [-0.2, -0.15) is 0 Å². The minimum Gasteiger partial charge on any atom is -0.481 e. The lowest BCUT2D eigenvalue weighted by Crippen LogP contribution is -2.14. The number of hydrogen-bond donors (Lipinski definition) is 1. The van der Waals surface area contributed by atoms with Crippen molar-refractivity contribution in [2.75, 3.05) is 0 Å². The Kier molecular flexibility index (Phi) is 3.90. The summed E-state index contributed by atoms with van der Waals surface area (Å²) in [5.41, 5.74) is 2.29. The Balaban J connectivity index is 2.26. The molecule has 98 valence electrons. The van der Waals surface area contributed by atoms with Gasteiger partial charge in [-0.25, -0.2) is 4.39 Å². The van der Waals surface area contributed by atoms with Crippen molar-refractivity contribution in [1.29, 1.82) is 0 Å². The van der Waals surface area contributed by atoms with Crippen LogP contribution < -0.4 is 0 Å². The molecular formula is C15H14FNO2. The molecule has 0 bridgehead atoms. The molecule has 2 aromatic rings. The molecule has 3 nitrogen and oxygen atoms in total. The van der Waals surface area contributed by atoms with Crippen molar-refractivity contribution in [2.24, 2.45) is 0 Å². The van der Waals surface area contributed by atoms with Crippen LogP contribution in [0.1, 0.15) is 22.7 Å². The maximum atomic E-state index is 12.8. The van der Waals surface area contributed by atoms with Gasteiger partial charge in [-0.1, -0.05) is 12.1 Å². The zero-order chi connectivity index (χ0) is 13.8. The largest absolute Gasteiger partial charge is 0.481 e. The summed E-state index contributed by atoms with van der Waals surface area (Å²) in [5, 5.41) is 9.34. The number of aromatic nitrogens is 1. The Morgan fingerprint density at radius 1 is 1.32 bits per heavy atom. The molecule has 1 aromatic carbocycles. The molecule has 0 saturated heterocycles. The highest BCUT2D eigenvalue weighted by Gasteiger charge is 2.20. The van der Waals surface area contributed by atoms with Gasteiger partial charge in [-0.05, 0) is 48.7 Å². The van der Waals surface area contributed by atoms with Crippen LogP contribution in [0.2, 0.25) is 0 Å². The lowest BCUT2D eigenvalue weighted by atomic mass is 9.92. The van der Waals surface area contributed by atoms with Gasteiger partial charge in [0.2, 0.25) is 0 Å².